The molecule has 2 atom stereocenters. The van der Waals surface area contributed by atoms with Gasteiger partial charge in [0.15, 0.2) is 0 Å². The molecule has 0 aromatic carbocycles. The van der Waals surface area contributed by atoms with Crippen molar-refractivity contribution in [2.75, 3.05) is 0 Å². The van der Waals surface area contributed by atoms with Crippen LogP contribution in [0.1, 0.15) is 44.4 Å². The van der Waals surface area contributed by atoms with Crippen LogP contribution >= 0.6 is 0 Å². The SMILES string of the molecule is CC1=C(C)C(C)[C-]=[C]1[SnH3].CC1=C(C)C(C)[C-]=[C]1[SnH3].[H-].[H-].[Ti+4]. The molecule has 2 aliphatic rings. The van der Waals surface area contributed by atoms with Gasteiger partial charge in [0.25, 0.3) is 0 Å². The third-order valence-electron chi connectivity index (χ3n) is 4.47. The monoisotopic (exact) mass is 508 g/mol. The van der Waals surface area contributed by atoms with Gasteiger partial charge in [-0.25, -0.2) is 0 Å². The van der Waals surface area contributed by atoms with E-state index >= 15 is 0 Å². The second-order valence-electron chi connectivity index (χ2n) is 5.60. The van der Waals surface area contributed by atoms with Gasteiger partial charge in [0.2, 0.25) is 0 Å². The molecule has 2 rings (SSSR count). The molecular weight excluding hydrogens is 477 g/mol. The van der Waals surface area contributed by atoms with Crippen LogP contribution in [0.5, 0.6) is 0 Å². The van der Waals surface area contributed by atoms with E-state index in [1.807, 2.05) is 0 Å². The van der Waals surface area contributed by atoms with Crippen molar-refractivity contribution in [2.24, 2.45) is 11.8 Å². The third-order valence-corrected chi connectivity index (χ3v) is 10.4. The molecule has 104 valence electrons. The molecule has 0 radical (unpaired) electrons. The average Bonchev–Trinajstić information content (AvgIpc) is 2.66. The van der Waals surface area contributed by atoms with Gasteiger partial charge in [0.1, 0.15) is 0 Å². The molecule has 19 heavy (non-hydrogen) atoms. The summed E-state index contributed by atoms with van der Waals surface area (Å²) in [5.74, 6) is 1.23. The predicted molar refractivity (Wildman–Crippen MR) is 90.7 cm³/mol. The van der Waals surface area contributed by atoms with Gasteiger partial charge in [-0.3, -0.25) is 0 Å². The third kappa shape index (κ3) is 5.19. The summed E-state index contributed by atoms with van der Waals surface area (Å²) in [7, 11) is 0. The molecule has 0 aliphatic heterocycles. The van der Waals surface area contributed by atoms with Crippen LogP contribution in [-0.2, 0) is 21.7 Å². The van der Waals surface area contributed by atoms with E-state index in [1.54, 1.807) is 7.18 Å². The minimum absolute atomic E-state index is 0. The molecule has 2 unspecified atom stereocenters. The number of allylic oxidation sites excluding steroid dienone is 8. The molecule has 0 bridgehead atoms. The molecule has 0 spiro atoms. The fourth-order valence-electron chi connectivity index (χ4n) is 2.32. The molecule has 0 nitrogen and oxygen atoms in total. The summed E-state index contributed by atoms with van der Waals surface area (Å²) in [6.07, 6.45) is 6.90. The Morgan fingerprint density at radius 1 is 0.789 bits per heavy atom. The van der Waals surface area contributed by atoms with Crippen LogP contribution in [-0.4, -0.2) is 45.0 Å². The van der Waals surface area contributed by atoms with Crippen molar-refractivity contribution in [1.29, 1.82) is 0 Å². The fraction of sp³-hybridized carbons (Fsp3) is 0.500. The van der Waals surface area contributed by atoms with Gasteiger partial charge in [-0.15, -0.1) is 0 Å². The van der Waals surface area contributed by atoms with Crippen LogP contribution in [0.15, 0.2) is 29.5 Å². The minimum atomic E-state index is 0. The van der Waals surface area contributed by atoms with Crippen LogP contribution < -0.4 is 0 Å². The van der Waals surface area contributed by atoms with Crippen molar-refractivity contribution in [3.05, 3.63) is 41.6 Å². The molecule has 3 heteroatoms. The van der Waals surface area contributed by atoms with Crippen molar-refractivity contribution in [3.63, 3.8) is 0 Å². The molecule has 0 fully saturated rings. The molecule has 0 aromatic heterocycles. The average molecular weight is 506 g/mol. The maximum Gasteiger partial charge on any atom is 4.00 e. The van der Waals surface area contributed by atoms with Crippen molar-refractivity contribution < 1.29 is 24.6 Å². The van der Waals surface area contributed by atoms with E-state index in [9.17, 15) is 0 Å². The van der Waals surface area contributed by atoms with Crippen molar-refractivity contribution >= 4 is 45.0 Å². The predicted octanol–water partition coefficient (Wildman–Crippen LogP) is 2.27. The molecule has 0 aromatic rings. The van der Waals surface area contributed by atoms with E-state index in [4.69, 9.17) is 0 Å². The van der Waals surface area contributed by atoms with Crippen molar-refractivity contribution in [1.82, 2.24) is 0 Å². The standard InChI is InChI=1S/2C8H10.2Sn.Ti.8H/c2*1-6-4-5-7(2)8(6)3;;;;;;;;;;;/h2*6H,1-3H3;;;;;;;;;;;/q2*-1;;;+4;;;;;;;2*-1. The molecular formula is C16H28Sn2Ti. The van der Waals surface area contributed by atoms with Crippen LogP contribution in [0, 0.1) is 24.0 Å². The summed E-state index contributed by atoms with van der Waals surface area (Å²) < 4.78 is 3.09. The Morgan fingerprint density at radius 3 is 1.11 bits per heavy atom. The summed E-state index contributed by atoms with van der Waals surface area (Å²) >= 11 is 1.33. The maximum atomic E-state index is 3.45. The van der Waals surface area contributed by atoms with Crippen molar-refractivity contribution in [2.45, 2.75) is 41.5 Å². The van der Waals surface area contributed by atoms with E-state index in [1.165, 1.54) is 22.3 Å². The Labute approximate surface area is 163 Å². The first-order valence-corrected chi connectivity index (χ1v) is 12.5. The van der Waals surface area contributed by atoms with Gasteiger partial charge < -0.3 is 2.85 Å². The van der Waals surface area contributed by atoms with Gasteiger partial charge in [0.05, 0.1) is 0 Å². The van der Waals surface area contributed by atoms with Crippen molar-refractivity contribution in [3.8, 4) is 0 Å². The van der Waals surface area contributed by atoms with Gasteiger partial charge in [0, 0.05) is 0 Å². The van der Waals surface area contributed by atoms with E-state index in [0.717, 1.165) is 0 Å². The molecule has 0 amide bonds. The Kier molecular flexibility index (Phi) is 9.23. The second-order valence-corrected chi connectivity index (χ2v) is 11.3. The summed E-state index contributed by atoms with van der Waals surface area (Å²) in [6, 6.07) is 0. The maximum absolute atomic E-state index is 3.45. The van der Waals surface area contributed by atoms with Gasteiger partial charge in [-0.2, -0.15) is 0 Å². The first-order chi connectivity index (χ1) is 8.25. The Morgan fingerprint density at radius 2 is 1.05 bits per heavy atom. The normalized spacial score (nSPS) is 26.0. The van der Waals surface area contributed by atoms with Crippen LogP contribution in [0.2, 0.25) is 0 Å². The number of rotatable bonds is 0. The summed E-state index contributed by atoms with van der Waals surface area (Å²) in [4.78, 5) is 0. The smallest absolute Gasteiger partial charge is 1.00 e. The zero-order valence-electron chi connectivity index (χ0n) is 15.7. The molecule has 2 aliphatic carbocycles. The van der Waals surface area contributed by atoms with E-state index < -0.39 is 0 Å². The van der Waals surface area contributed by atoms with Crippen LogP contribution in [0.25, 0.3) is 0 Å². The largest absolute Gasteiger partial charge is 4.00 e. The number of hydrogen-bond acceptors (Lipinski definition) is 0. The molecule has 0 saturated carbocycles. The zero-order valence-corrected chi connectivity index (χ0v) is 26.6. The van der Waals surface area contributed by atoms with Gasteiger partial charge in [-0.05, 0) is 0 Å². The molecule has 0 heterocycles. The fourth-order valence-corrected chi connectivity index (χ4v) is 7.05. The van der Waals surface area contributed by atoms with E-state index in [2.05, 4.69) is 53.7 Å². The first-order valence-electron chi connectivity index (χ1n) is 6.81. The zero-order chi connectivity index (χ0) is 14.0. The summed E-state index contributed by atoms with van der Waals surface area (Å²) in [5.41, 5.74) is 6.12. The van der Waals surface area contributed by atoms with Crippen LogP contribution in [0.3, 0.4) is 0 Å². The number of hydrogen-bond donors (Lipinski definition) is 0. The van der Waals surface area contributed by atoms with Crippen LogP contribution in [0.4, 0.5) is 0 Å². The van der Waals surface area contributed by atoms with Gasteiger partial charge >= 0.3 is 162 Å². The van der Waals surface area contributed by atoms with E-state index in [0.29, 0.717) is 56.9 Å². The Balaban J connectivity index is -0.000000270. The Hall–Kier alpha value is 1.27. The van der Waals surface area contributed by atoms with Gasteiger partial charge in [-0.1, -0.05) is 0 Å². The van der Waals surface area contributed by atoms with E-state index in [-0.39, 0.29) is 24.6 Å². The Bertz CT molecular complexity index is 433. The first kappa shape index (κ1) is 20.3. The quantitative estimate of drug-likeness (QED) is 0.350. The topological polar surface area (TPSA) is 0 Å². The summed E-state index contributed by atoms with van der Waals surface area (Å²) in [6.45, 7) is 13.3. The second kappa shape index (κ2) is 8.65. The minimum Gasteiger partial charge on any atom is -1.00 e. The summed E-state index contributed by atoms with van der Waals surface area (Å²) in [5, 5.41) is 0. The molecule has 0 N–H and O–H groups in total. The molecule has 0 saturated heterocycles.